The number of aliphatic hydroxyl groups is 1. The molecule has 0 amide bonds. The molecule has 51 heavy (non-hydrogen) atoms. The Kier molecular flexibility index (Phi) is 13.0. The Morgan fingerprint density at radius 1 is 0.588 bits per heavy atom. The van der Waals surface area contributed by atoms with Gasteiger partial charge in [0.25, 0.3) is 0 Å². The van der Waals surface area contributed by atoms with E-state index in [4.69, 9.17) is 5.11 Å². The molecule has 2 atom stereocenters. The van der Waals surface area contributed by atoms with Gasteiger partial charge in [0.15, 0.2) is 11.6 Å². The number of halogens is 1. The second-order valence-corrected chi connectivity index (χ2v) is 20.6. The molecule has 0 saturated heterocycles. The summed E-state index contributed by atoms with van der Waals surface area (Å²) >= 11 is 3.76. The van der Waals surface area contributed by atoms with Gasteiger partial charge in [-0.3, -0.25) is 9.59 Å². The number of carbonyl (C=O) groups is 2. The molecule has 0 heterocycles. The van der Waals surface area contributed by atoms with E-state index < -0.39 is 0 Å². The van der Waals surface area contributed by atoms with Crippen molar-refractivity contribution in [3.8, 4) is 11.1 Å². The summed E-state index contributed by atoms with van der Waals surface area (Å²) in [5, 5.41) is 7.00. The van der Waals surface area contributed by atoms with Crippen molar-refractivity contribution in [3.05, 3.63) is 90.4 Å². The quantitative estimate of drug-likeness (QED) is 0.289. The number of Topliss-reactive ketones (excluding diaryl/α,β-unsaturated/α-hetero) is 2. The summed E-state index contributed by atoms with van der Waals surface area (Å²) in [6, 6.07) is 11.1. The van der Waals surface area contributed by atoms with Gasteiger partial charge in [0.05, 0.1) is 0 Å². The highest BCUT2D eigenvalue weighted by Crippen LogP contribution is 2.45. The van der Waals surface area contributed by atoms with Gasteiger partial charge < -0.3 is 5.11 Å². The minimum Gasteiger partial charge on any atom is -0.400 e. The molecule has 0 bridgehead atoms. The summed E-state index contributed by atoms with van der Waals surface area (Å²) in [6.45, 7) is 35.4. The van der Waals surface area contributed by atoms with Gasteiger partial charge in [-0.2, -0.15) is 0 Å². The number of ketones is 2. The fraction of sp³-hybridized carbons (Fsp3) is 0.574. The number of aliphatic hydroxyl groups excluding tert-OH is 1. The first-order valence-corrected chi connectivity index (χ1v) is 19.6. The fourth-order valence-electron chi connectivity index (χ4n) is 8.48. The molecule has 0 aromatic heterocycles. The maximum atomic E-state index is 13.4. The summed E-state index contributed by atoms with van der Waals surface area (Å²) in [7, 11) is 1.00. The highest BCUT2D eigenvalue weighted by molar-refractivity contribution is 9.10. The van der Waals surface area contributed by atoms with E-state index in [-0.39, 0.29) is 33.5 Å². The van der Waals surface area contributed by atoms with Crippen LogP contribution in [0.1, 0.15) is 161 Å². The lowest BCUT2D eigenvalue weighted by atomic mass is 9.78. The number of aryl methyl sites for hydroxylation is 2. The standard InChI is InChI=1S/C27H36O.C19H27BrO.CH4O/c1-16-10-17(2)12-19(11-16)24-18(3)23(27(7,8)9)14-22-21(24)13-20(25(22)28)15-26(4,5)6;1-11-15(19(5,6)7)9-14-13(16(11)20)8-12(17(14)21)10-18(2,3)4;1-2/h10-12,14,20H,13,15H2,1-9H3;9,12H,8,10H2,1-7H3;2H,1H3. The van der Waals surface area contributed by atoms with E-state index in [0.29, 0.717) is 11.6 Å². The molecule has 5 rings (SSSR count). The van der Waals surface area contributed by atoms with Crippen LogP contribution in [0.15, 0.2) is 34.8 Å². The van der Waals surface area contributed by atoms with Crippen LogP contribution in [0.25, 0.3) is 11.1 Å². The second kappa shape index (κ2) is 15.4. The largest absolute Gasteiger partial charge is 0.400 e. The van der Waals surface area contributed by atoms with E-state index in [1.807, 2.05) is 0 Å². The minimum atomic E-state index is 0.00905. The van der Waals surface area contributed by atoms with Gasteiger partial charge in [0, 0.05) is 34.5 Å². The SMILES string of the molecule is CO.Cc1c(C(C)(C)C)cc2c(c1Br)CC(CC(C)(C)C)C2=O.Cc1cc(C)cc(-c2c(C)c(C(C)(C)C)cc3c2CC(CC(C)(C)C)C3=O)c1. The molecular weight excluding hydrogens is 692 g/mol. The highest BCUT2D eigenvalue weighted by atomic mass is 79.9. The molecule has 0 aliphatic heterocycles. The van der Waals surface area contributed by atoms with E-state index in [2.05, 4.69) is 157 Å². The number of carbonyl (C=O) groups excluding carboxylic acids is 2. The lowest BCUT2D eigenvalue weighted by Gasteiger charge is -2.26. The summed E-state index contributed by atoms with van der Waals surface area (Å²) < 4.78 is 1.15. The van der Waals surface area contributed by atoms with Gasteiger partial charge >= 0.3 is 0 Å². The lowest BCUT2D eigenvalue weighted by Crippen LogP contribution is -2.18. The zero-order chi connectivity index (χ0) is 39.2. The second-order valence-electron chi connectivity index (χ2n) is 19.8. The number of hydrogen-bond acceptors (Lipinski definition) is 3. The maximum absolute atomic E-state index is 13.4. The lowest BCUT2D eigenvalue weighted by molar-refractivity contribution is 0.0897. The Hall–Kier alpha value is -2.56. The smallest absolute Gasteiger partial charge is 0.166 e. The monoisotopic (exact) mass is 758 g/mol. The van der Waals surface area contributed by atoms with E-state index in [1.165, 1.54) is 55.6 Å². The van der Waals surface area contributed by atoms with Crippen molar-refractivity contribution in [1.29, 1.82) is 0 Å². The molecule has 0 saturated carbocycles. The minimum absolute atomic E-state index is 0.00905. The zero-order valence-electron chi connectivity index (χ0n) is 35.0. The molecule has 0 radical (unpaired) electrons. The van der Waals surface area contributed by atoms with E-state index in [0.717, 1.165) is 48.4 Å². The third-order valence-corrected chi connectivity index (χ3v) is 11.4. The first-order valence-electron chi connectivity index (χ1n) is 18.8. The predicted molar refractivity (Wildman–Crippen MR) is 222 cm³/mol. The molecule has 0 spiro atoms. The van der Waals surface area contributed by atoms with Gasteiger partial charge in [-0.1, -0.05) is 128 Å². The molecule has 3 nitrogen and oxygen atoms in total. The van der Waals surface area contributed by atoms with E-state index >= 15 is 0 Å². The van der Waals surface area contributed by atoms with E-state index in [9.17, 15) is 9.59 Å². The average molecular weight is 760 g/mol. The first kappa shape index (κ1) is 42.8. The van der Waals surface area contributed by atoms with Gasteiger partial charge in [-0.25, -0.2) is 0 Å². The summed E-state index contributed by atoms with van der Waals surface area (Å²) in [6.07, 6.45) is 3.66. The number of fused-ring (bicyclic) bond motifs is 2. The van der Waals surface area contributed by atoms with Gasteiger partial charge in [-0.05, 0) is 132 Å². The van der Waals surface area contributed by atoms with Gasteiger partial charge in [0.1, 0.15) is 0 Å². The molecule has 3 aromatic rings. The Labute approximate surface area is 319 Å². The van der Waals surface area contributed by atoms with Crippen LogP contribution < -0.4 is 0 Å². The first-order chi connectivity index (χ1) is 23.2. The Balaban J connectivity index is 0.000000273. The number of rotatable bonds is 3. The topological polar surface area (TPSA) is 54.4 Å². The Morgan fingerprint density at radius 2 is 0.961 bits per heavy atom. The Bertz CT molecular complexity index is 1760. The Morgan fingerprint density at radius 3 is 1.35 bits per heavy atom. The van der Waals surface area contributed by atoms with Crippen LogP contribution in [0, 0.1) is 50.4 Å². The highest BCUT2D eigenvalue weighted by Gasteiger charge is 2.38. The van der Waals surface area contributed by atoms with Crippen LogP contribution >= 0.6 is 15.9 Å². The normalized spacial score (nSPS) is 17.4. The van der Waals surface area contributed by atoms with Crippen LogP contribution in [-0.4, -0.2) is 23.8 Å². The number of benzene rings is 3. The third kappa shape index (κ3) is 9.91. The van der Waals surface area contributed by atoms with Crippen molar-refractivity contribution < 1.29 is 14.7 Å². The van der Waals surface area contributed by atoms with Crippen LogP contribution in [0.5, 0.6) is 0 Å². The predicted octanol–water partition coefficient (Wildman–Crippen LogP) is 12.8. The molecule has 4 heteroatoms. The molecule has 3 aromatic carbocycles. The van der Waals surface area contributed by atoms with Crippen LogP contribution in [0.4, 0.5) is 0 Å². The molecule has 280 valence electrons. The van der Waals surface area contributed by atoms with Crippen molar-refractivity contribution in [2.75, 3.05) is 7.11 Å². The summed E-state index contributed by atoms with van der Waals surface area (Å²) in [5.41, 5.74) is 15.1. The van der Waals surface area contributed by atoms with Crippen molar-refractivity contribution in [1.82, 2.24) is 0 Å². The zero-order valence-corrected chi connectivity index (χ0v) is 36.6. The average Bonchev–Trinajstić information content (AvgIpc) is 3.43. The maximum Gasteiger partial charge on any atom is 0.166 e. The molecular formula is C47H67BrO3. The van der Waals surface area contributed by atoms with Crippen molar-refractivity contribution in [2.45, 2.75) is 147 Å². The summed E-state index contributed by atoms with van der Waals surface area (Å²) in [5.74, 6) is 0.937. The molecule has 2 aliphatic carbocycles. The van der Waals surface area contributed by atoms with Crippen molar-refractivity contribution >= 4 is 27.5 Å². The van der Waals surface area contributed by atoms with Crippen molar-refractivity contribution in [3.63, 3.8) is 0 Å². The molecule has 2 unspecified atom stereocenters. The molecule has 2 aliphatic rings. The molecule has 0 fully saturated rings. The van der Waals surface area contributed by atoms with Crippen LogP contribution in [0.3, 0.4) is 0 Å². The van der Waals surface area contributed by atoms with Crippen LogP contribution in [-0.2, 0) is 23.7 Å². The van der Waals surface area contributed by atoms with Gasteiger partial charge in [0.2, 0.25) is 0 Å². The van der Waals surface area contributed by atoms with Crippen molar-refractivity contribution in [2.24, 2.45) is 22.7 Å². The molecule has 1 N–H and O–H groups in total. The third-order valence-electron chi connectivity index (χ3n) is 10.3. The van der Waals surface area contributed by atoms with Crippen LogP contribution in [0.2, 0.25) is 0 Å². The number of hydrogen-bond donors (Lipinski definition) is 1. The summed E-state index contributed by atoms with van der Waals surface area (Å²) in [4.78, 5) is 26.2. The fourth-order valence-corrected chi connectivity index (χ4v) is 9.07. The van der Waals surface area contributed by atoms with Gasteiger partial charge in [-0.15, -0.1) is 0 Å². The van der Waals surface area contributed by atoms with E-state index in [1.54, 1.807) is 0 Å².